The Morgan fingerprint density at radius 1 is 1.10 bits per heavy atom. The quantitative estimate of drug-likeness (QED) is 0.869. The van der Waals surface area contributed by atoms with Crippen LogP contribution >= 0.6 is 0 Å². The molecule has 0 spiro atoms. The summed E-state index contributed by atoms with van der Waals surface area (Å²) in [6.45, 7) is 0.487. The minimum Gasteiger partial charge on any atom is -0.328 e. The van der Waals surface area contributed by atoms with Crippen molar-refractivity contribution >= 4 is 17.4 Å². The number of ketones is 1. The normalized spacial score (nSPS) is 14.5. The lowest BCUT2D eigenvalue weighted by Crippen LogP contribution is -2.32. The Kier molecular flexibility index (Phi) is 3.39. The van der Waals surface area contributed by atoms with E-state index in [0.29, 0.717) is 36.2 Å². The van der Waals surface area contributed by atoms with Crippen LogP contribution in [0.4, 0.5) is 5.69 Å². The van der Waals surface area contributed by atoms with Gasteiger partial charge < -0.3 is 9.88 Å². The molecule has 0 atom stereocenters. The van der Waals surface area contributed by atoms with Crippen LogP contribution < -0.4 is 10.5 Å². The summed E-state index contributed by atoms with van der Waals surface area (Å²) >= 11 is 0. The van der Waals surface area contributed by atoms with Gasteiger partial charge in [-0.25, -0.2) is 0 Å². The number of nitrogens with one attached hydrogen (secondary N) is 1. The Morgan fingerprint density at radius 2 is 1.90 bits per heavy atom. The number of para-hydroxylation sites is 1. The fourth-order valence-corrected chi connectivity index (χ4v) is 2.51. The third-order valence-electron chi connectivity index (χ3n) is 3.56. The van der Waals surface area contributed by atoms with Crippen molar-refractivity contribution in [3.8, 4) is 0 Å². The second kappa shape index (κ2) is 5.36. The molecular formula is C16H14N2O3. The first-order chi connectivity index (χ1) is 10.2. The average molecular weight is 282 g/mol. The summed E-state index contributed by atoms with van der Waals surface area (Å²) in [6.07, 6.45) is 2.47. The predicted molar refractivity (Wildman–Crippen MR) is 78.7 cm³/mol. The zero-order valence-corrected chi connectivity index (χ0v) is 11.3. The summed E-state index contributed by atoms with van der Waals surface area (Å²) in [7, 11) is 0. The number of hydrogen-bond donors (Lipinski definition) is 1. The van der Waals surface area contributed by atoms with Crippen LogP contribution in [0, 0.1) is 0 Å². The number of carbonyl (C=O) groups excluding carboxylic acids is 2. The lowest BCUT2D eigenvalue weighted by Gasteiger charge is -2.22. The number of fused-ring (bicyclic) bond motifs is 1. The van der Waals surface area contributed by atoms with E-state index in [9.17, 15) is 14.4 Å². The van der Waals surface area contributed by atoms with Gasteiger partial charge >= 0.3 is 0 Å². The van der Waals surface area contributed by atoms with E-state index in [1.165, 1.54) is 18.3 Å². The zero-order chi connectivity index (χ0) is 14.8. The third kappa shape index (κ3) is 2.50. The van der Waals surface area contributed by atoms with E-state index < -0.39 is 0 Å². The van der Waals surface area contributed by atoms with Gasteiger partial charge in [-0.1, -0.05) is 12.1 Å². The molecular weight excluding hydrogens is 268 g/mol. The van der Waals surface area contributed by atoms with Crippen molar-refractivity contribution in [3.05, 3.63) is 64.1 Å². The molecule has 1 aliphatic rings. The highest BCUT2D eigenvalue weighted by atomic mass is 16.2. The molecule has 1 aromatic heterocycles. The molecule has 1 aromatic carbocycles. The van der Waals surface area contributed by atoms with Crippen LogP contribution in [0.25, 0.3) is 0 Å². The number of H-pyrrole nitrogens is 1. The number of anilines is 1. The molecule has 0 bridgehead atoms. The van der Waals surface area contributed by atoms with Gasteiger partial charge in [-0.3, -0.25) is 14.4 Å². The molecule has 2 heterocycles. The molecule has 5 nitrogen and oxygen atoms in total. The van der Waals surface area contributed by atoms with Crippen molar-refractivity contribution in [2.45, 2.75) is 12.8 Å². The van der Waals surface area contributed by atoms with Gasteiger partial charge in [0.25, 0.3) is 5.91 Å². The van der Waals surface area contributed by atoms with E-state index in [2.05, 4.69) is 4.98 Å². The maximum absolute atomic E-state index is 12.6. The van der Waals surface area contributed by atoms with Crippen molar-refractivity contribution in [3.63, 3.8) is 0 Å². The minimum absolute atomic E-state index is 0.0577. The largest absolute Gasteiger partial charge is 0.328 e. The van der Waals surface area contributed by atoms with Crippen molar-refractivity contribution in [2.24, 2.45) is 0 Å². The van der Waals surface area contributed by atoms with Crippen LogP contribution in [-0.4, -0.2) is 23.2 Å². The summed E-state index contributed by atoms with van der Waals surface area (Å²) in [6, 6.07) is 9.95. The maximum Gasteiger partial charge on any atom is 0.259 e. The summed E-state index contributed by atoms with van der Waals surface area (Å²) in [5.74, 6) is -0.157. The zero-order valence-electron chi connectivity index (χ0n) is 11.3. The van der Waals surface area contributed by atoms with E-state index in [0.717, 1.165) is 0 Å². The number of Topliss-reactive ketones (excluding diaryl/α,β-unsaturated/α-hetero) is 1. The van der Waals surface area contributed by atoms with Gasteiger partial charge in [0.15, 0.2) is 5.78 Å². The molecule has 106 valence electrons. The van der Waals surface area contributed by atoms with Gasteiger partial charge in [-0.2, -0.15) is 0 Å². The van der Waals surface area contributed by atoms with Crippen LogP contribution in [0.2, 0.25) is 0 Å². The van der Waals surface area contributed by atoms with Crippen LogP contribution in [0.5, 0.6) is 0 Å². The molecule has 1 N–H and O–H groups in total. The average Bonchev–Trinajstić information content (AvgIpc) is 2.67. The number of amides is 1. The Bertz CT molecular complexity index is 744. The van der Waals surface area contributed by atoms with Gasteiger partial charge in [0.05, 0.1) is 11.3 Å². The lowest BCUT2D eigenvalue weighted by molar-refractivity contribution is 0.0973. The SMILES string of the molecule is O=C1CCCN(C(=O)c2ccc(=O)[nH]c2)c2ccccc21. The van der Waals surface area contributed by atoms with Gasteiger partial charge in [0, 0.05) is 30.8 Å². The second-order valence-corrected chi connectivity index (χ2v) is 4.94. The van der Waals surface area contributed by atoms with Crippen molar-refractivity contribution in [2.75, 3.05) is 11.4 Å². The molecule has 2 aromatic rings. The number of aromatic amines is 1. The lowest BCUT2D eigenvalue weighted by atomic mass is 10.1. The first-order valence-electron chi connectivity index (χ1n) is 6.79. The van der Waals surface area contributed by atoms with Gasteiger partial charge in [-0.15, -0.1) is 0 Å². The van der Waals surface area contributed by atoms with E-state index in [1.54, 1.807) is 23.1 Å². The Morgan fingerprint density at radius 3 is 2.67 bits per heavy atom. The summed E-state index contributed by atoms with van der Waals surface area (Å²) in [4.78, 5) is 39.9. The predicted octanol–water partition coefficient (Wildman–Crippen LogP) is 2.00. The number of aromatic nitrogens is 1. The summed E-state index contributed by atoms with van der Waals surface area (Å²) in [5, 5.41) is 0. The first-order valence-corrected chi connectivity index (χ1v) is 6.79. The number of carbonyl (C=O) groups is 2. The molecule has 0 saturated carbocycles. The van der Waals surface area contributed by atoms with Gasteiger partial charge in [-0.05, 0) is 24.6 Å². The number of benzene rings is 1. The van der Waals surface area contributed by atoms with E-state index in [1.807, 2.05) is 6.07 Å². The third-order valence-corrected chi connectivity index (χ3v) is 3.56. The van der Waals surface area contributed by atoms with Gasteiger partial charge in [0.2, 0.25) is 5.56 Å². The monoisotopic (exact) mass is 282 g/mol. The van der Waals surface area contributed by atoms with Crippen molar-refractivity contribution in [1.29, 1.82) is 0 Å². The Labute approximate surface area is 121 Å². The highest BCUT2D eigenvalue weighted by Gasteiger charge is 2.25. The second-order valence-electron chi connectivity index (χ2n) is 4.94. The highest BCUT2D eigenvalue weighted by Crippen LogP contribution is 2.27. The Hall–Kier alpha value is -2.69. The number of rotatable bonds is 1. The standard InChI is InChI=1S/C16H14N2O3/c19-14-6-3-9-18(13-5-2-1-4-12(13)14)16(21)11-7-8-15(20)17-10-11/h1-2,4-5,7-8,10H,3,6,9H2,(H,17,20). The van der Waals surface area contributed by atoms with Crippen LogP contribution in [0.1, 0.15) is 33.6 Å². The molecule has 0 fully saturated rings. The van der Waals surface area contributed by atoms with Gasteiger partial charge in [0.1, 0.15) is 0 Å². The number of hydrogen-bond acceptors (Lipinski definition) is 3. The van der Waals surface area contributed by atoms with Crippen LogP contribution in [0.15, 0.2) is 47.4 Å². The molecule has 0 aliphatic carbocycles. The fourth-order valence-electron chi connectivity index (χ4n) is 2.51. The molecule has 0 radical (unpaired) electrons. The molecule has 0 saturated heterocycles. The smallest absolute Gasteiger partial charge is 0.259 e. The number of pyridine rings is 1. The topological polar surface area (TPSA) is 70.2 Å². The molecule has 5 heteroatoms. The van der Waals surface area contributed by atoms with Crippen molar-refractivity contribution in [1.82, 2.24) is 4.98 Å². The van der Waals surface area contributed by atoms with E-state index in [-0.39, 0.29) is 17.2 Å². The minimum atomic E-state index is -0.252. The fraction of sp³-hybridized carbons (Fsp3) is 0.188. The summed E-state index contributed by atoms with van der Waals surface area (Å²) < 4.78 is 0. The first kappa shape index (κ1) is 13.3. The molecule has 1 aliphatic heterocycles. The van der Waals surface area contributed by atoms with Crippen LogP contribution in [0.3, 0.4) is 0 Å². The van der Waals surface area contributed by atoms with Crippen LogP contribution in [-0.2, 0) is 0 Å². The summed E-state index contributed by atoms with van der Waals surface area (Å²) in [5.41, 5.74) is 1.36. The number of nitrogens with zero attached hydrogens (tertiary/aromatic N) is 1. The van der Waals surface area contributed by atoms with E-state index >= 15 is 0 Å². The van der Waals surface area contributed by atoms with Crippen molar-refractivity contribution < 1.29 is 9.59 Å². The Balaban J connectivity index is 2.03. The van der Waals surface area contributed by atoms with E-state index in [4.69, 9.17) is 0 Å². The maximum atomic E-state index is 12.6. The highest BCUT2D eigenvalue weighted by molar-refractivity contribution is 6.11. The molecule has 0 unspecified atom stereocenters. The molecule has 21 heavy (non-hydrogen) atoms. The molecule has 1 amide bonds. The molecule has 3 rings (SSSR count).